The van der Waals surface area contributed by atoms with Gasteiger partial charge in [0.2, 0.25) is 5.91 Å². The fourth-order valence-corrected chi connectivity index (χ4v) is 2.81. The highest BCUT2D eigenvalue weighted by molar-refractivity contribution is 9.10. The van der Waals surface area contributed by atoms with Crippen LogP contribution in [-0.4, -0.2) is 40.7 Å². The molecule has 0 atom stereocenters. The maximum atomic E-state index is 11.7. The Morgan fingerprint density at radius 3 is 2.67 bits per heavy atom. The molecular formula is C12H12BrNO3S. The van der Waals surface area contributed by atoms with Gasteiger partial charge in [-0.25, -0.2) is 4.79 Å². The molecule has 0 aliphatic carbocycles. The number of carbonyl (C=O) groups is 2. The lowest BCUT2D eigenvalue weighted by Gasteiger charge is -2.30. The van der Waals surface area contributed by atoms with E-state index in [0.717, 1.165) is 24.4 Å². The van der Waals surface area contributed by atoms with Crippen LogP contribution in [0.1, 0.15) is 16.8 Å². The number of carboxylic acid groups (broad SMARTS) is 1. The first-order valence-corrected chi connectivity index (χ1v) is 7.29. The quantitative estimate of drug-likeness (QED) is 0.862. The molecule has 0 saturated carbocycles. The maximum absolute atomic E-state index is 11.7. The van der Waals surface area contributed by atoms with Gasteiger partial charge in [-0.15, -0.1) is 11.8 Å². The molecule has 0 radical (unpaired) electrons. The molecular weight excluding hydrogens is 318 g/mol. The predicted octanol–water partition coefficient (Wildman–Crippen LogP) is 2.47. The van der Waals surface area contributed by atoms with Crippen molar-refractivity contribution in [3.05, 3.63) is 28.2 Å². The standard InChI is InChI=1S/C12H12BrNO3S/c13-10-3-2-8(6-9(10)12(16)17)18-7-11(15)14-4-1-5-14/h2-3,6H,1,4-5,7H2,(H,16,17). The minimum absolute atomic E-state index is 0.117. The summed E-state index contributed by atoms with van der Waals surface area (Å²) in [6.07, 6.45) is 1.08. The first-order valence-electron chi connectivity index (χ1n) is 5.51. The van der Waals surface area contributed by atoms with Crippen LogP contribution >= 0.6 is 27.7 Å². The Kier molecular flexibility index (Phi) is 4.29. The van der Waals surface area contributed by atoms with Gasteiger partial charge < -0.3 is 10.0 Å². The van der Waals surface area contributed by atoms with Crippen LogP contribution in [0.4, 0.5) is 0 Å². The van der Waals surface area contributed by atoms with Crippen LogP contribution in [0, 0.1) is 0 Å². The van der Waals surface area contributed by atoms with Crippen molar-refractivity contribution in [1.29, 1.82) is 0 Å². The van der Waals surface area contributed by atoms with E-state index in [-0.39, 0.29) is 11.5 Å². The van der Waals surface area contributed by atoms with Crippen molar-refractivity contribution in [2.75, 3.05) is 18.8 Å². The predicted molar refractivity (Wildman–Crippen MR) is 73.0 cm³/mol. The Morgan fingerprint density at radius 1 is 1.39 bits per heavy atom. The molecule has 1 amide bonds. The number of rotatable bonds is 4. The average molecular weight is 330 g/mol. The number of nitrogens with zero attached hydrogens (tertiary/aromatic N) is 1. The Labute approximate surface area is 117 Å². The van der Waals surface area contributed by atoms with Gasteiger partial charge in [0.05, 0.1) is 11.3 Å². The van der Waals surface area contributed by atoms with Gasteiger partial charge in [0.1, 0.15) is 0 Å². The van der Waals surface area contributed by atoms with Crippen LogP contribution < -0.4 is 0 Å². The molecule has 0 spiro atoms. The monoisotopic (exact) mass is 329 g/mol. The lowest BCUT2D eigenvalue weighted by molar-refractivity contribution is -0.131. The molecule has 18 heavy (non-hydrogen) atoms. The van der Waals surface area contributed by atoms with Crippen LogP contribution in [0.3, 0.4) is 0 Å². The number of likely N-dealkylation sites (tertiary alicyclic amines) is 1. The molecule has 6 heteroatoms. The summed E-state index contributed by atoms with van der Waals surface area (Å²) in [5.74, 6) is -0.495. The Bertz CT molecular complexity index is 488. The summed E-state index contributed by atoms with van der Waals surface area (Å²) in [6.45, 7) is 1.69. The Balaban J connectivity index is 1.98. The van der Waals surface area contributed by atoms with Crippen molar-refractivity contribution in [3.8, 4) is 0 Å². The van der Waals surface area contributed by atoms with Crippen molar-refractivity contribution in [2.45, 2.75) is 11.3 Å². The van der Waals surface area contributed by atoms with Gasteiger partial charge in [-0.3, -0.25) is 4.79 Å². The topological polar surface area (TPSA) is 57.6 Å². The number of carbonyl (C=O) groups excluding carboxylic acids is 1. The van der Waals surface area contributed by atoms with Crippen LogP contribution in [0.15, 0.2) is 27.6 Å². The molecule has 1 aliphatic rings. The van der Waals surface area contributed by atoms with Crippen molar-refractivity contribution in [2.24, 2.45) is 0 Å². The minimum atomic E-state index is -0.974. The molecule has 1 fully saturated rings. The number of halogens is 1. The lowest BCUT2D eigenvalue weighted by atomic mass is 10.2. The lowest BCUT2D eigenvalue weighted by Crippen LogP contribution is -2.43. The zero-order valence-electron chi connectivity index (χ0n) is 9.56. The molecule has 0 bridgehead atoms. The zero-order valence-corrected chi connectivity index (χ0v) is 12.0. The van der Waals surface area contributed by atoms with Crippen molar-refractivity contribution >= 4 is 39.6 Å². The van der Waals surface area contributed by atoms with E-state index in [1.165, 1.54) is 11.8 Å². The summed E-state index contributed by atoms with van der Waals surface area (Å²) in [7, 11) is 0. The second kappa shape index (κ2) is 5.75. The highest BCUT2D eigenvalue weighted by Crippen LogP contribution is 2.25. The number of hydrogen-bond donors (Lipinski definition) is 1. The van der Waals surface area contributed by atoms with E-state index < -0.39 is 5.97 Å². The van der Waals surface area contributed by atoms with Crippen LogP contribution in [0.25, 0.3) is 0 Å². The van der Waals surface area contributed by atoms with Gasteiger partial charge >= 0.3 is 5.97 Å². The summed E-state index contributed by atoms with van der Waals surface area (Å²) < 4.78 is 0.549. The van der Waals surface area contributed by atoms with E-state index in [1.807, 2.05) is 11.0 Å². The third-order valence-corrected chi connectivity index (χ3v) is 4.41. The van der Waals surface area contributed by atoms with Gasteiger partial charge in [0.15, 0.2) is 0 Å². The first kappa shape index (κ1) is 13.4. The smallest absolute Gasteiger partial charge is 0.336 e. The van der Waals surface area contributed by atoms with Crippen LogP contribution in [-0.2, 0) is 4.79 Å². The summed E-state index contributed by atoms with van der Waals surface area (Å²) in [5.41, 5.74) is 0.219. The van der Waals surface area contributed by atoms with E-state index in [1.54, 1.807) is 12.1 Å². The third kappa shape index (κ3) is 3.05. The number of benzene rings is 1. The molecule has 1 aliphatic heterocycles. The number of aromatic carboxylic acids is 1. The number of amides is 1. The molecule has 96 valence electrons. The molecule has 1 N–H and O–H groups in total. The van der Waals surface area contributed by atoms with E-state index in [4.69, 9.17) is 5.11 Å². The fraction of sp³-hybridized carbons (Fsp3) is 0.333. The van der Waals surface area contributed by atoms with Gasteiger partial charge in [-0.1, -0.05) is 0 Å². The van der Waals surface area contributed by atoms with Gasteiger partial charge in [-0.05, 0) is 40.5 Å². The molecule has 1 aromatic carbocycles. The first-order chi connectivity index (χ1) is 8.58. The molecule has 0 aromatic heterocycles. The van der Waals surface area contributed by atoms with Crippen molar-refractivity contribution in [1.82, 2.24) is 4.90 Å². The zero-order chi connectivity index (χ0) is 13.1. The highest BCUT2D eigenvalue weighted by Gasteiger charge is 2.20. The van der Waals surface area contributed by atoms with E-state index in [2.05, 4.69) is 15.9 Å². The van der Waals surface area contributed by atoms with E-state index in [9.17, 15) is 9.59 Å². The number of hydrogen-bond acceptors (Lipinski definition) is 3. The molecule has 2 rings (SSSR count). The Hall–Kier alpha value is -1.01. The van der Waals surface area contributed by atoms with E-state index in [0.29, 0.717) is 10.2 Å². The van der Waals surface area contributed by atoms with Crippen LogP contribution in [0.5, 0.6) is 0 Å². The number of carboxylic acids is 1. The summed E-state index contributed by atoms with van der Waals surface area (Å²) in [4.78, 5) is 25.2. The highest BCUT2D eigenvalue weighted by atomic mass is 79.9. The van der Waals surface area contributed by atoms with Gasteiger partial charge in [0, 0.05) is 22.5 Å². The molecule has 1 aromatic rings. The second-order valence-corrected chi connectivity index (χ2v) is 5.87. The summed E-state index contributed by atoms with van der Waals surface area (Å²) in [6, 6.07) is 5.09. The molecule has 0 unspecified atom stereocenters. The Morgan fingerprint density at radius 2 is 2.11 bits per heavy atom. The second-order valence-electron chi connectivity index (χ2n) is 3.97. The molecule has 1 saturated heterocycles. The van der Waals surface area contributed by atoms with Gasteiger partial charge in [-0.2, -0.15) is 0 Å². The van der Waals surface area contributed by atoms with Crippen molar-refractivity contribution in [3.63, 3.8) is 0 Å². The molecule has 4 nitrogen and oxygen atoms in total. The summed E-state index contributed by atoms with van der Waals surface area (Å²) in [5, 5.41) is 8.99. The largest absolute Gasteiger partial charge is 0.478 e. The normalized spacial score (nSPS) is 14.2. The number of thioether (sulfide) groups is 1. The third-order valence-electron chi connectivity index (χ3n) is 2.74. The van der Waals surface area contributed by atoms with Crippen molar-refractivity contribution < 1.29 is 14.7 Å². The SMILES string of the molecule is O=C(O)c1cc(SCC(=O)N2CCC2)ccc1Br. The van der Waals surface area contributed by atoms with Gasteiger partial charge in [0.25, 0.3) is 0 Å². The minimum Gasteiger partial charge on any atom is -0.478 e. The van der Waals surface area contributed by atoms with E-state index >= 15 is 0 Å². The fourth-order valence-electron chi connectivity index (χ4n) is 1.56. The molecule has 1 heterocycles. The van der Waals surface area contributed by atoms with Crippen LogP contribution in [0.2, 0.25) is 0 Å². The maximum Gasteiger partial charge on any atom is 0.336 e. The average Bonchev–Trinajstić information content (AvgIpc) is 2.25. The summed E-state index contributed by atoms with van der Waals surface area (Å²) >= 11 is 4.56.